The first-order valence-electron chi connectivity index (χ1n) is 6.49. The van der Waals surface area contributed by atoms with Crippen LogP contribution in [0.1, 0.15) is 43.4 Å². The number of benzene rings is 1. The van der Waals surface area contributed by atoms with Gasteiger partial charge in [0, 0.05) is 12.1 Å². The van der Waals surface area contributed by atoms with E-state index in [4.69, 9.17) is 0 Å². The van der Waals surface area contributed by atoms with Crippen LogP contribution in [0.25, 0.3) is 0 Å². The second kappa shape index (κ2) is 6.18. The molecule has 0 aliphatic heterocycles. The molecule has 2 nitrogen and oxygen atoms in total. The first-order chi connectivity index (χ1) is 8.06. The summed E-state index contributed by atoms with van der Waals surface area (Å²) in [6.07, 6.45) is 1.90. The molecule has 0 amide bonds. The molecule has 2 heteroatoms. The Morgan fingerprint density at radius 3 is 2.35 bits per heavy atom. The fraction of sp³-hybridized carbons (Fsp3) is 0.600. The van der Waals surface area contributed by atoms with Gasteiger partial charge < -0.3 is 10.4 Å². The summed E-state index contributed by atoms with van der Waals surface area (Å²) in [5.74, 6) is 0. The Hall–Kier alpha value is -0.860. The molecule has 96 valence electrons. The van der Waals surface area contributed by atoms with Crippen LogP contribution in [0, 0.1) is 13.8 Å². The van der Waals surface area contributed by atoms with Gasteiger partial charge in [-0.3, -0.25) is 0 Å². The third kappa shape index (κ3) is 3.55. The number of aryl methyl sites for hydroxylation is 2. The van der Waals surface area contributed by atoms with Gasteiger partial charge in [0.2, 0.25) is 0 Å². The molecule has 0 bridgehead atoms. The van der Waals surface area contributed by atoms with Crippen molar-refractivity contribution in [2.45, 2.75) is 52.6 Å². The number of hydrogen-bond donors (Lipinski definition) is 2. The second-order valence-corrected chi connectivity index (χ2v) is 4.93. The summed E-state index contributed by atoms with van der Waals surface area (Å²) < 4.78 is 0. The van der Waals surface area contributed by atoms with Crippen LogP contribution in [0.2, 0.25) is 0 Å². The van der Waals surface area contributed by atoms with E-state index in [9.17, 15) is 5.11 Å². The van der Waals surface area contributed by atoms with Gasteiger partial charge in [-0.1, -0.05) is 37.6 Å². The van der Waals surface area contributed by atoms with Gasteiger partial charge in [0.15, 0.2) is 0 Å². The monoisotopic (exact) mass is 235 g/mol. The highest BCUT2D eigenvalue weighted by atomic mass is 16.3. The van der Waals surface area contributed by atoms with Crippen molar-refractivity contribution in [3.63, 3.8) is 0 Å². The van der Waals surface area contributed by atoms with Crippen LogP contribution >= 0.6 is 0 Å². The van der Waals surface area contributed by atoms with Crippen LogP contribution in [0.5, 0.6) is 0 Å². The van der Waals surface area contributed by atoms with Gasteiger partial charge >= 0.3 is 0 Å². The predicted octanol–water partition coefficient (Wildman–Crippen LogP) is 2.94. The summed E-state index contributed by atoms with van der Waals surface area (Å²) in [7, 11) is 0. The molecule has 0 aliphatic carbocycles. The third-order valence-electron chi connectivity index (χ3n) is 3.81. The molecule has 0 aromatic heterocycles. The summed E-state index contributed by atoms with van der Waals surface area (Å²) in [5, 5.41) is 13.0. The molecule has 17 heavy (non-hydrogen) atoms. The summed E-state index contributed by atoms with van der Waals surface area (Å²) in [5.41, 5.74) is 3.79. The van der Waals surface area contributed by atoms with E-state index in [0.29, 0.717) is 0 Å². The van der Waals surface area contributed by atoms with Crippen molar-refractivity contribution in [3.05, 3.63) is 34.9 Å². The minimum Gasteiger partial charge on any atom is -0.394 e. The van der Waals surface area contributed by atoms with E-state index in [-0.39, 0.29) is 12.1 Å². The van der Waals surface area contributed by atoms with Crippen molar-refractivity contribution in [1.29, 1.82) is 0 Å². The van der Waals surface area contributed by atoms with Crippen LogP contribution in [0.4, 0.5) is 0 Å². The molecule has 2 N–H and O–H groups in total. The molecular formula is C15H25NO. The van der Waals surface area contributed by atoms with Crippen molar-refractivity contribution in [2.24, 2.45) is 0 Å². The Morgan fingerprint density at radius 2 is 1.82 bits per heavy atom. The molecule has 1 aromatic carbocycles. The zero-order valence-electron chi connectivity index (χ0n) is 11.5. The molecule has 0 saturated heterocycles. The molecule has 1 rings (SSSR count). The topological polar surface area (TPSA) is 32.3 Å². The fourth-order valence-electron chi connectivity index (χ4n) is 2.05. The molecule has 0 heterocycles. The van der Waals surface area contributed by atoms with E-state index in [0.717, 1.165) is 19.4 Å². The highest BCUT2D eigenvalue weighted by molar-refractivity contribution is 5.30. The van der Waals surface area contributed by atoms with Crippen LogP contribution in [0.15, 0.2) is 18.2 Å². The lowest BCUT2D eigenvalue weighted by atomic mass is 9.93. The van der Waals surface area contributed by atoms with E-state index < -0.39 is 0 Å². The first kappa shape index (κ1) is 14.2. The zero-order chi connectivity index (χ0) is 12.9. The number of nitrogens with one attached hydrogen (secondary N) is 1. The highest BCUT2D eigenvalue weighted by Gasteiger charge is 2.24. The minimum absolute atomic E-state index is 0.129. The standard InChI is InChI=1S/C15H25NO/c1-5-15(6-2,11-17)16-10-14-9-12(3)7-8-13(14)4/h7-9,16-17H,5-6,10-11H2,1-4H3. The maximum atomic E-state index is 9.52. The average Bonchev–Trinajstić information content (AvgIpc) is 2.35. The van der Waals surface area contributed by atoms with Crippen molar-refractivity contribution in [2.75, 3.05) is 6.61 Å². The lowest BCUT2D eigenvalue weighted by Crippen LogP contribution is -2.47. The molecule has 0 spiro atoms. The summed E-state index contributed by atoms with van der Waals surface area (Å²) in [6, 6.07) is 6.51. The van der Waals surface area contributed by atoms with Gasteiger partial charge in [-0.25, -0.2) is 0 Å². The van der Waals surface area contributed by atoms with Crippen molar-refractivity contribution < 1.29 is 5.11 Å². The van der Waals surface area contributed by atoms with Crippen molar-refractivity contribution >= 4 is 0 Å². The first-order valence-corrected chi connectivity index (χ1v) is 6.49. The lowest BCUT2D eigenvalue weighted by Gasteiger charge is -2.31. The van der Waals surface area contributed by atoms with Crippen LogP contribution in [0.3, 0.4) is 0 Å². The molecular weight excluding hydrogens is 210 g/mol. The average molecular weight is 235 g/mol. The Bertz CT molecular complexity index is 348. The SMILES string of the molecule is CCC(CC)(CO)NCc1cc(C)ccc1C. The van der Waals surface area contributed by atoms with Gasteiger partial charge in [-0.15, -0.1) is 0 Å². The van der Waals surface area contributed by atoms with E-state index in [2.05, 4.69) is 51.2 Å². The number of hydrogen-bond acceptors (Lipinski definition) is 2. The van der Waals surface area contributed by atoms with Crippen molar-refractivity contribution in [1.82, 2.24) is 5.32 Å². The van der Waals surface area contributed by atoms with E-state index in [1.807, 2.05) is 0 Å². The highest BCUT2D eigenvalue weighted by Crippen LogP contribution is 2.17. The second-order valence-electron chi connectivity index (χ2n) is 4.93. The number of rotatable bonds is 6. The fourth-order valence-corrected chi connectivity index (χ4v) is 2.05. The van der Waals surface area contributed by atoms with Crippen LogP contribution < -0.4 is 5.32 Å². The summed E-state index contributed by atoms with van der Waals surface area (Å²) in [6.45, 7) is 9.52. The quantitative estimate of drug-likeness (QED) is 0.794. The Balaban J connectivity index is 2.75. The Morgan fingerprint density at radius 1 is 1.18 bits per heavy atom. The van der Waals surface area contributed by atoms with Crippen LogP contribution in [-0.2, 0) is 6.54 Å². The molecule has 0 fully saturated rings. The molecule has 0 unspecified atom stereocenters. The van der Waals surface area contributed by atoms with E-state index in [1.54, 1.807) is 0 Å². The van der Waals surface area contributed by atoms with Gasteiger partial charge in [0.05, 0.1) is 6.61 Å². The largest absolute Gasteiger partial charge is 0.394 e. The third-order valence-corrected chi connectivity index (χ3v) is 3.81. The van der Waals surface area contributed by atoms with Crippen molar-refractivity contribution in [3.8, 4) is 0 Å². The maximum absolute atomic E-state index is 9.52. The Labute approximate surface area is 105 Å². The zero-order valence-corrected chi connectivity index (χ0v) is 11.5. The molecule has 0 aliphatic rings. The Kier molecular flexibility index (Phi) is 5.16. The summed E-state index contributed by atoms with van der Waals surface area (Å²) in [4.78, 5) is 0. The lowest BCUT2D eigenvalue weighted by molar-refractivity contribution is 0.149. The predicted molar refractivity (Wildman–Crippen MR) is 73.2 cm³/mol. The number of aliphatic hydroxyl groups is 1. The smallest absolute Gasteiger partial charge is 0.0613 e. The van der Waals surface area contributed by atoms with Gasteiger partial charge in [0.25, 0.3) is 0 Å². The van der Waals surface area contributed by atoms with Gasteiger partial charge in [-0.2, -0.15) is 0 Å². The van der Waals surface area contributed by atoms with Gasteiger partial charge in [-0.05, 0) is 37.8 Å². The van der Waals surface area contributed by atoms with Gasteiger partial charge in [0.1, 0.15) is 0 Å². The van der Waals surface area contributed by atoms with Crippen LogP contribution in [-0.4, -0.2) is 17.3 Å². The van der Waals surface area contributed by atoms with E-state index >= 15 is 0 Å². The maximum Gasteiger partial charge on any atom is 0.0613 e. The molecule has 0 atom stereocenters. The minimum atomic E-state index is -0.129. The molecule has 0 saturated carbocycles. The number of aliphatic hydroxyl groups excluding tert-OH is 1. The molecule has 1 aromatic rings. The molecule has 0 radical (unpaired) electrons. The summed E-state index contributed by atoms with van der Waals surface area (Å²) >= 11 is 0. The van der Waals surface area contributed by atoms with E-state index in [1.165, 1.54) is 16.7 Å². The normalized spacial score (nSPS) is 11.8.